The van der Waals surface area contributed by atoms with Crippen LogP contribution in [0, 0.1) is 5.92 Å². The van der Waals surface area contributed by atoms with Gasteiger partial charge < -0.3 is 10.5 Å². The van der Waals surface area contributed by atoms with Gasteiger partial charge in [0, 0.05) is 31.9 Å². The molecule has 0 spiro atoms. The van der Waals surface area contributed by atoms with Gasteiger partial charge in [-0.2, -0.15) is 0 Å². The second-order valence-corrected chi connectivity index (χ2v) is 7.26. The fourth-order valence-corrected chi connectivity index (χ4v) is 3.89. The SMILES string of the molecule is CC1=CC(C)Cc2c1ncc(C(C)N)c2CN1CCOC(C)C1. The van der Waals surface area contributed by atoms with E-state index >= 15 is 0 Å². The van der Waals surface area contributed by atoms with Crippen LogP contribution in [-0.2, 0) is 17.7 Å². The van der Waals surface area contributed by atoms with Crippen LogP contribution in [0.15, 0.2) is 12.3 Å². The van der Waals surface area contributed by atoms with Crippen LogP contribution >= 0.6 is 0 Å². The van der Waals surface area contributed by atoms with Gasteiger partial charge in [0.1, 0.15) is 0 Å². The highest BCUT2D eigenvalue weighted by Crippen LogP contribution is 2.33. The number of rotatable bonds is 3. The lowest BCUT2D eigenvalue weighted by molar-refractivity contribution is -0.0214. The molecule has 1 aliphatic carbocycles. The van der Waals surface area contributed by atoms with Gasteiger partial charge >= 0.3 is 0 Å². The topological polar surface area (TPSA) is 51.4 Å². The molecular weight excluding hydrogens is 286 g/mol. The van der Waals surface area contributed by atoms with E-state index in [9.17, 15) is 0 Å². The summed E-state index contributed by atoms with van der Waals surface area (Å²) in [6.45, 7) is 12.4. The van der Waals surface area contributed by atoms with E-state index < -0.39 is 0 Å². The molecule has 3 unspecified atom stereocenters. The van der Waals surface area contributed by atoms with Crippen molar-refractivity contribution in [1.29, 1.82) is 0 Å². The van der Waals surface area contributed by atoms with Gasteiger partial charge in [-0.15, -0.1) is 0 Å². The van der Waals surface area contributed by atoms with Crippen molar-refractivity contribution in [2.45, 2.75) is 52.8 Å². The third-order valence-electron chi connectivity index (χ3n) is 4.96. The second kappa shape index (κ2) is 6.71. The van der Waals surface area contributed by atoms with Crippen molar-refractivity contribution in [3.8, 4) is 0 Å². The van der Waals surface area contributed by atoms with E-state index in [2.05, 4.69) is 38.7 Å². The monoisotopic (exact) mass is 315 g/mol. The van der Waals surface area contributed by atoms with Crippen molar-refractivity contribution in [2.24, 2.45) is 11.7 Å². The quantitative estimate of drug-likeness (QED) is 0.932. The molecule has 0 bridgehead atoms. The summed E-state index contributed by atoms with van der Waals surface area (Å²) in [4.78, 5) is 7.23. The Morgan fingerprint density at radius 1 is 1.43 bits per heavy atom. The second-order valence-electron chi connectivity index (χ2n) is 7.26. The van der Waals surface area contributed by atoms with E-state index in [1.165, 1.54) is 28.0 Å². The number of pyridine rings is 1. The Balaban J connectivity index is 1.99. The summed E-state index contributed by atoms with van der Waals surface area (Å²) in [5.41, 5.74) is 12.7. The van der Waals surface area contributed by atoms with Gasteiger partial charge in [-0.1, -0.05) is 13.0 Å². The van der Waals surface area contributed by atoms with Gasteiger partial charge in [0.25, 0.3) is 0 Å². The molecule has 0 aromatic carbocycles. The van der Waals surface area contributed by atoms with Crippen molar-refractivity contribution in [3.63, 3.8) is 0 Å². The van der Waals surface area contributed by atoms with Crippen LogP contribution in [0.25, 0.3) is 5.57 Å². The van der Waals surface area contributed by atoms with Crippen molar-refractivity contribution in [1.82, 2.24) is 9.88 Å². The first kappa shape index (κ1) is 16.6. The number of nitrogens with two attached hydrogens (primary N) is 1. The zero-order chi connectivity index (χ0) is 16.6. The maximum Gasteiger partial charge on any atom is 0.0691 e. The van der Waals surface area contributed by atoms with E-state index in [1.54, 1.807) is 0 Å². The van der Waals surface area contributed by atoms with E-state index in [4.69, 9.17) is 15.5 Å². The predicted molar refractivity (Wildman–Crippen MR) is 94.0 cm³/mol. The average molecular weight is 315 g/mol. The number of aromatic nitrogens is 1. The van der Waals surface area contributed by atoms with Crippen LogP contribution in [0.1, 0.15) is 56.1 Å². The van der Waals surface area contributed by atoms with Crippen molar-refractivity contribution >= 4 is 5.57 Å². The van der Waals surface area contributed by atoms with E-state index in [0.29, 0.717) is 12.0 Å². The summed E-state index contributed by atoms with van der Waals surface area (Å²) in [6.07, 6.45) is 5.70. The van der Waals surface area contributed by atoms with Crippen LogP contribution in [0.3, 0.4) is 0 Å². The normalized spacial score (nSPS) is 26.6. The van der Waals surface area contributed by atoms with Crippen LogP contribution in [0.4, 0.5) is 0 Å². The fraction of sp³-hybridized carbons (Fsp3) is 0.632. The molecule has 1 aliphatic heterocycles. The molecular formula is C19H29N3O. The first-order valence-electron chi connectivity index (χ1n) is 8.74. The molecule has 0 radical (unpaired) electrons. The largest absolute Gasteiger partial charge is 0.376 e. The Hall–Kier alpha value is -1.23. The highest BCUT2D eigenvalue weighted by atomic mass is 16.5. The van der Waals surface area contributed by atoms with E-state index in [0.717, 1.165) is 32.7 Å². The molecule has 1 fully saturated rings. The van der Waals surface area contributed by atoms with Gasteiger partial charge in [0.05, 0.1) is 18.4 Å². The number of ether oxygens (including phenoxy) is 1. The lowest BCUT2D eigenvalue weighted by Crippen LogP contribution is -2.41. The lowest BCUT2D eigenvalue weighted by Gasteiger charge is -2.33. The molecule has 2 aliphatic rings. The van der Waals surface area contributed by atoms with Crippen LogP contribution in [-0.4, -0.2) is 35.7 Å². The minimum Gasteiger partial charge on any atom is -0.376 e. The highest BCUT2D eigenvalue weighted by Gasteiger charge is 2.25. The van der Waals surface area contributed by atoms with Crippen molar-refractivity contribution in [3.05, 3.63) is 34.7 Å². The molecule has 2 N–H and O–H groups in total. The number of hydrogen-bond donors (Lipinski definition) is 1. The standard InChI is InChI=1S/C19H29N3O/c1-12-7-13(2)19-16(8-12)18(17(9-21-19)15(4)20)11-22-5-6-23-14(3)10-22/h7,9,12,14-15H,5-6,8,10-11,20H2,1-4H3. The number of fused-ring (bicyclic) bond motifs is 1. The minimum atomic E-state index is 0.0165. The van der Waals surface area contributed by atoms with E-state index in [-0.39, 0.29) is 6.04 Å². The first-order valence-corrected chi connectivity index (χ1v) is 8.74. The summed E-state index contributed by atoms with van der Waals surface area (Å²) in [6, 6.07) is 0.0165. The Labute approximate surface area is 139 Å². The highest BCUT2D eigenvalue weighted by molar-refractivity contribution is 5.67. The van der Waals surface area contributed by atoms with Crippen LogP contribution in [0.5, 0.6) is 0 Å². The molecule has 2 heterocycles. The van der Waals surface area contributed by atoms with Crippen molar-refractivity contribution in [2.75, 3.05) is 19.7 Å². The Kier molecular flexibility index (Phi) is 4.85. The summed E-state index contributed by atoms with van der Waals surface area (Å²) < 4.78 is 5.68. The summed E-state index contributed by atoms with van der Waals surface area (Å²) in [7, 11) is 0. The molecule has 1 aromatic heterocycles. The average Bonchev–Trinajstić information content (AvgIpc) is 2.47. The number of hydrogen-bond acceptors (Lipinski definition) is 4. The molecule has 3 rings (SSSR count). The van der Waals surface area contributed by atoms with Crippen LogP contribution in [0.2, 0.25) is 0 Å². The molecule has 4 heteroatoms. The third-order valence-corrected chi connectivity index (χ3v) is 4.96. The van der Waals surface area contributed by atoms with Gasteiger partial charge in [-0.25, -0.2) is 0 Å². The van der Waals surface area contributed by atoms with Crippen molar-refractivity contribution < 1.29 is 4.74 Å². The fourth-order valence-electron chi connectivity index (χ4n) is 3.89. The van der Waals surface area contributed by atoms with E-state index in [1.807, 2.05) is 6.20 Å². The van der Waals surface area contributed by atoms with Gasteiger partial charge in [-0.3, -0.25) is 9.88 Å². The zero-order valence-electron chi connectivity index (χ0n) is 14.8. The number of morpholine rings is 1. The molecule has 0 amide bonds. The number of allylic oxidation sites excluding steroid dienone is 2. The third kappa shape index (κ3) is 3.49. The van der Waals surface area contributed by atoms with Gasteiger partial charge in [-0.05, 0) is 55.4 Å². The summed E-state index contributed by atoms with van der Waals surface area (Å²) in [5.74, 6) is 0.565. The first-order chi connectivity index (χ1) is 11.0. The molecule has 23 heavy (non-hydrogen) atoms. The summed E-state index contributed by atoms with van der Waals surface area (Å²) >= 11 is 0. The maximum absolute atomic E-state index is 6.25. The zero-order valence-corrected chi connectivity index (χ0v) is 14.8. The number of nitrogens with zero attached hydrogens (tertiary/aromatic N) is 2. The smallest absolute Gasteiger partial charge is 0.0691 e. The molecule has 3 atom stereocenters. The van der Waals surface area contributed by atoms with Gasteiger partial charge in [0.15, 0.2) is 0 Å². The van der Waals surface area contributed by atoms with Crippen LogP contribution < -0.4 is 5.73 Å². The molecule has 1 aromatic rings. The summed E-state index contributed by atoms with van der Waals surface area (Å²) in [5, 5.41) is 0. The Morgan fingerprint density at radius 2 is 2.22 bits per heavy atom. The maximum atomic E-state index is 6.25. The molecule has 4 nitrogen and oxygen atoms in total. The molecule has 0 saturated carbocycles. The Morgan fingerprint density at radius 3 is 2.91 bits per heavy atom. The minimum absolute atomic E-state index is 0.0165. The molecule has 1 saturated heterocycles. The predicted octanol–water partition coefficient (Wildman–Crippen LogP) is 2.92. The van der Waals surface area contributed by atoms with Gasteiger partial charge in [0.2, 0.25) is 0 Å². The molecule has 126 valence electrons. The Bertz CT molecular complexity index is 609. The lowest BCUT2D eigenvalue weighted by atomic mass is 9.84.